The molecule has 2 aliphatic heterocycles. The quantitative estimate of drug-likeness (QED) is 0.416. The summed E-state index contributed by atoms with van der Waals surface area (Å²) < 4.78 is 17.4. The van der Waals surface area contributed by atoms with Crippen molar-refractivity contribution in [2.75, 3.05) is 36.4 Å². The molecule has 5 heterocycles. The maximum atomic E-state index is 15.1. The van der Waals surface area contributed by atoms with Gasteiger partial charge in [0.2, 0.25) is 5.95 Å². The zero-order valence-corrected chi connectivity index (χ0v) is 22.1. The van der Waals surface area contributed by atoms with Crippen molar-refractivity contribution in [3.05, 3.63) is 53.9 Å². The van der Waals surface area contributed by atoms with E-state index < -0.39 is 5.82 Å². The van der Waals surface area contributed by atoms with E-state index in [1.54, 1.807) is 0 Å². The Morgan fingerprint density at radius 3 is 2.51 bits per heavy atom. The Hall–Kier alpha value is -3.59. The maximum Gasteiger partial charge on any atom is 0.229 e. The zero-order valence-electron chi connectivity index (χ0n) is 22.1. The van der Waals surface area contributed by atoms with Gasteiger partial charge in [0, 0.05) is 43.7 Å². The van der Waals surface area contributed by atoms with Gasteiger partial charge < -0.3 is 20.1 Å². The molecule has 3 aromatic heterocycles. The van der Waals surface area contributed by atoms with E-state index in [4.69, 9.17) is 4.98 Å². The van der Waals surface area contributed by atoms with E-state index in [2.05, 4.69) is 62.7 Å². The molecule has 0 radical (unpaired) electrons. The number of anilines is 3. The molecule has 1 fully saturated rings. The van der Waals surface area contributed by atoms with Crippen LogP contribution in [0.15, 0.2) is 36.7 Å². The van der Waals surface area contributed by atoms with Gasteiger partial charge in [-0.05, 0) is 56.0 Å². The van der Waals surface area contributed by atoms with Crippen molar-refractivity contribution in [2.24, 2.45) is 5.41 Å². The van der Waals surface area contributed by atoms with Crippen LogP contribution in [0, 0.1) is 18.2 Å². The fourth-order valence-corrected chi connectivity index (χ4v) is 5.50. The number of halogens is 1. The van der Waals surface area contributed by atoms with Crippen molar-refractivity contribution in [3.63, 3.8) is 0 Å². The number of rotatable bonds is 4. The van der Waals surface area contributed by atoms with Crippen LogP contribution in [0.25, 0.3) is 22.3 Å². The molecule has 0 unspecified atom stereocenters. The Morgan fingerprint density at radius 2 is 1.78 bits per heavy atom. The van der Waals surface area contributed by atoms with Crippen LogP contribution in [0.3, 0.4) is 0 Å². The largest absolute Gasteiger partial charge is 0.368 e. The SMILES string of the molecule is Cc1cc(-c2nc(Nc3ccc(N4CCNCC4)cn3)ncc2F)cc2c1nc1n2C(C)(C)C(C)(C)C1. The summed E-state index contributed by atoms with van der Waals surface area (Å²) in [4.78, 5) is 20.5. The van der Waals surface area contributed by atoms with E-state index in [9.17, 15) is 0 Å². The highest BCUT2D eigenvalue weighted by atomic mass is 19.1. The molecule has 6 rings (SSSR count). The number of aromatic nitrogens is 5. The maximum absolute atomic E-state index is 15.1. The Labute approximate surface area is 216 Å². The van der Waals surface area contributed by atoms with E-state index in [0.717, 1.165) is 60.7 Å². The van der Waals surface area contributed by atoms with E-state index in [0.29, 0.717) is 17.3 Å². The summed E-state index contributed by atoms with van der Waals surface area (Å²) in [6.45, 7) is 14.9. The minimum Gasteiger partial charge on any atom is -0.368 e. The lowest BCUT2D eigenvalue weighted by atomic mass is 9.75. The molecule has 0 aliphatic carbocycles. The molecule has 1 saturated heterocycles. The summed E-state index contributed by atoms with van der Waals surface area (Å²) in [7, 11) is 0. The first-order chi connectivity index (χ1) is 17.6. The molecular weight excluding hydrogens is 467 g/mol. The molecule has 192 valence electrons. The number of hydrogen-bond donors (Lipinski definition) is 2. The lowest BCUT2D eigenvalue weighted by Crippen LogP contribution is -2.43. The monoisotopic (exact) mass is 500 g/mol. The van der Waals surface area contributed by atoms with Gasteiger partial charge in [-0.1, -0.05) is 13.8 Å². The molecule has 2 aliphatic rings. The molecule has 0 saturated carbocycles. The minimum atomic E-state index is -0.466. The second-order valence-electron chi connectivity index (χ2n) is 11.3. The van der Waals surface area contributed by atoms with Crippen LogP contribution in [0.2, 0.25) is 0 Å². The third-order valence-corrected chi connectivity index (χ3v) is 8.32. The number of fused-ring (bicyclic) bond motifs is 3. The first-order valence-electron chi connectivity index (χ1n) is 12.9. The number of nitrogens with zero attached hydrogens (tertiary/aromatic N) is 6. The van der Waals surface area contributed by atoms with Gasteiger partial charge >= 0.3 is 0 Å². The first kappa shape index (κ1) is 23.8. The Kier molecular flexibility index (Phi) is 5.45. The van der Waals surface area contributed by atoms with E-state index in [-0.39, 0.29) is 16.6 Å². The Bertz CT molecular complexity index is 1480. The van der Waals surface area contributed by atoms with Gasteiger partial charge in [-0.25, -0.2) is 24.3 Å². The van der Waals surface area contributed by atoms with Crippen LogP contribution in [0.4, 0.5) is 21.8 Å². The number of hydrogen-bond acceptors (Lipinski definition) is 7. The molecule has 0 atom stereocenters. The molecule has 2 N–H and O–H groups in total. The number of piperazine rings is 1. The molecule has 0 spiro atoms. The number of aryl methyl sites for hydroxylation is 1. The van der Waals surface area contributed by atoms with Crippen LogP contribution in [0.5, 0.6) is 0 Å². The summed E-state index contributed by atoms with van der Waals surface area (Å²) in [6.07, 6.45) is 3.96. The smallest absolute Gasteiger partial charge is 0.229 e. The topological polar surface area (TPSA) is 83.8 Å². The number of pyridine rings is 1. The van der Waals surface area contributed by atoms with Gasteiger partial charge in [0.1, 0.15) is 17.3 Å². The Balaban J connectivity index is 1.33. The zero-order chi connectivity index (χ0) is 25.9. The fraction of sp³-hybridized carbons (Fsp3) is 0.429. The van der Waals surface area contributed by atoms with Crippen LogP contribution in [-0.4, -0.2) is 50.7 Å². The highest BCUT2D eigenvalue weighted by Gasteiger charge is 2.47. The third kappa shape index (κ3) is 3.92. The molecule has 8 nitrogen and oxygen atoms in total. The molecular formula is C28H33FN8. The van der Waals surface area contributed by atoms with Crippen molar-refractivity contribution in [1.29, 1.82) is 0 Å². The van der Waals surface area contributed by atoms with E-state index in [1.165, 1.54) is 6.20 Å². The van der Waals surface area contributed by atoms with Crippen molar-refractivity contribution in [3.8, 4) is 11.3 Å². The van der Waals surface area contributed by atoms with Gasteiger partial charge in [0.05, 0.1) is 29.1 Å². The van der Waals surface area contributed by atoms with Gasteiger partial charge in [-0.3, -0.25) is 0 Å². The van der Waals surface area contributed by atoms with Crippen molar-refractivity contribution >= 4 is 28.5 Å². The molecule has 4 aromatic rings. The highest BCUT2D eigenvalue weighted by Crippen LogP contribution is 2.48. The second-order valence-corrected chi connectivity index (χ2v) is 11.3. The molecule has 1 aromatic carbocycles. The predicted octanol–water partition coefficient (Wildman–Crippen LogP) is 4.81. The van der Waals surface area contributed by atoms with Crippen molar-refractivity contribution in [2.45, 2.75) is 46.6 Å². The summed E-state index contributed by atoms with van der Waals surface area (Å²) in [5, 5.41) is 6.49. The lowest BCUT2D eigenvalue weighted by Gasteiger charge is -2.36. The van der Waals surface area contributed by atoms with Crippen LogP contribution in [-0.2, 0) is 12.0 Å². The highest BCUT2D eigenvalue weighted by molar-refractivity contribution is 5.86. The van der Waals surface area contributed by atoms with Crippen LogP contribution >= 0.6 is 0 Å². The number of benzene rings is 1. The number of imidazole rings is 1. The van der Waals surface area contributed by atoms with Gasteiger partial charge in [-0.15, -0.1) is 0 Å². The van der Waals surface area contributed by atoms with Gasteiger partial charge in [0.15, 0.2) is 5.82 Å². The Morgan fingerprint density at radius 1 is 1.00 bits per heavy atom. The second kappa shape index (κ2) is 8.48. The average molecular weight is 501 g/mol. The summed E-state index contributed by atoms with van der Waals surface area (Å²) in [5.41, 5.74) is 4.96. The van der Waals surface area contributed by atoms with Gasteiger partial charge in [0.25, 0.3) is 0 Å². The fourth-order valence-electron chi connectivity index (χ4n) is 5.50. The summed E-state index contributed by atoms with van der Waals surface area (Å²) in [5.74, 6) is 1.52. The van der Waals surface area contributed by atoms with Crippen LogP contribution in [0.1, 0.15) is 39.1 Å². The first-order valence-corrected chi connectivity index (χ1v) is 12.9. The molecule has 9 heteroatoms. The standard InChI is InChI=1S/C28H33FN8/c1-17-12-18(13-21-24(17)34-23-14-27(2,3)28(4,5)37(21)23)25-20(29)16-32-26(35-25)33-22-7-6-19(15-31-22)36-10-8-30-9-11-36/h6-7,12-13,15-16,30H,8-11,14H2,1-5H3,(H,31,32,33,35). The minimum absolute atomic E-state index is 0.0676. The predicted molar refractivity (Wildman–Crippen MR) is 145 cm³/mol. The average Bonchev–Trinajstić information content (AvgIpc) is 3.32. The molecule has 0 amide bonds. The summed E-state index contributed by atoms with van der Waals surface area (Å²) in [6, 6.07) is 7.90. The summed E-state index contributed by atoms with van der Waals surface area (Å²) >= 11 is 0. The van der Waals surface area contributed by atoms with E-state index in [1.807, 2.05) is 37.4 Å². The van der Waals surface area contributed by atoms with Crippen LogP contribution < -0.4 is 15.5 Å². The lowest BCUT2D eigenvalue weighted by molar-refractivity contribution is 0.166. The normalized spacial score (nSPS) is 18.3. The van der Waals surface area contributed by atoms with Crippen molar-refractivity contribution in [1.82, 2.24) is 29.8 Å². The van der Waals surface area contributed by atoms with E-state index >= 15 is 4.39 Å². The molecule has 0 bridgehead atoms. The number of nitrogens with one attached hydrogen (secondary N) is 2. The third-order valence-electron chi connectivity index (χ3n) is 8.32. The van der Waals surface area contributed by atoms with Gasteiger partial charge in [-0.2, -0.15) is 0 Å². The molecule has 37 heavy (non-hydrogen) atoms. The van der Waals surface area contributed by atoms with Crippen molar-refractivity contribution < 1.29 is 4.39 Å².